The van der Waals surface area contributed by atoms with Crippen LogP contribution in [-0.2, 0) is 16.1 Å². The SMILES string of the molecule is CC(=O)c1nn(CC(=O)N2[C@H]3C[C@@]3(C)C[C@H]2C(=O)Nc2nc(Br)ccc2C)c2ccc(-c3cnc(C)nc3)cc12. The second-order valence-electron chi connectivity index (χ2n) is 11.0. The lowest BCUT2D eigenvalue weighted by Crippen LogP contribution is -2.47. The normalized spacial score (nSPS) is 21.4. The van der Waals surface area contributed by atoms with Crippen LogP contribution in [0.1, 0.15) is 48.6 Å². The van der Waals surface area contributed by atoms with Crippen LogP contribution >= 0.6 is 15.9 Å². The molecule has 3 atom stereocenters. The number of nitrogens with one attached hydrogen (secondary N) is 1. The molecule has 1 saturated heterocycles. The van der Waals surface area contributed by atoms with Crippen molar-refractivity contribution in [3.05, 3.63) is 64.4 Å². The number of pyridine rings is 1. The second kappa shape index (κ2) is 9.58. The molecule has 6 rings (SSSR count). The van der Waals surface area contributed by atoms with Crippen molar-refractivity contribution in [2.45, 2.75) is 59.2 Å². The molecule has 40 heavy (non-hydrogen) atoms. The van der Waals surface area contributed by atoms with E-state index in [9.17, 15) is 14.4 Å². The number of aryl methyl sites for hydroxylation is 2. The molecule has 0 bridgehead atoms. The van der Waals surface area contributed by atoms with Crippen LogP contribution in [0.2, 0.25) is 0 Å². The van der Waals surface area contributed by atoms with Crippen LogP contribution < -0.4 is 5.32 Å². The van der Waals surface area contributed by atoms with E-state index in [2.05, 4.69) is 48.2 Å². The van der Waals surface area contributed by atoms with Gasteiger partial charge in [0.05, 0.1) is 5.52 Å². The number of carbonyl (C=O) groups is 3. The molecule has 4 aromatic rings. The van der Waals surface area contributed by atoms with Crippen LogP contribution in [-0.4, -0.2) is 59.3 Å². The van der Waals surface area contributed by atoms with Crippen LogP contribution in [0.15, 0.2) is 47.3 Å². The van der Waals surface area contributed by atoms with Gasteiger partial charge >= 0.3 is 0 Å². The lowest BCUT2D eigenvalue weighted by atomic mass is 10.0. The summed E-state index contributed by atoms with van der Waals surface area (Å²) in [6.45, 7) is 7.18. The van der Waals surface area contributed by atoms with E-state index in [1.165, 1.54) is 6.92 Å². The number of carbonyl (C=O) groups excluding carboxylic acids is 3. The minimum atomic E-state index is -0.612. The predicted octanol–water partition coefficient (Wildman–Crippen LogP) is 4.49. The third-order valence-electron chi connectivity index (χ3n) is 8.01. The number of Topliss-reactive ketones (excluding diaryl/α,β-unsaturated/α-hetero) is 1. The Morgan fingerprint density at radius 2 is 1.82 bits per heavy atom. The van der Waals surface area contributed by atoms with Gasteiger partial charge in [0.25, 0.3) is 0 Å². The fraction of sp³-hybridized carbons (Fsp3) is 0.345. The maximum atomic E-state index is 13.8. The molecule has 204 valence electrons. The number of anilines is 1. The Bertz CT molecular complexity index is 1700. The molecule has 4 heterocycles. The highest BCUT2D eigenvalue weighted by atomic mass is 79.9. The smallest absolute Gasteiger partial charge is 0.248 e. The largest absolute Gasteiger partial charge is 0.325 e. The van der Waals surface area contributed by atoms with Gasteiger partial charge in [-0.3, -0.25) is 19.1 Å². The monoisotopic (exact) mass is 601 g/mol. The van der Waals surface area contributed by atoms with E-state index in [1.807, 2.05) is 44.2 Å². The first-order chi connectivity index (χ1) is 19.0. The summed E-state index contributed by atoms with van der Waals surface area (Å²) in [5.41, 5.74) is 3.38. The first-order valence-electron chi connectivity index (χ1n) is 13.1. The zero-order valence-corrected chi connectivity index (χ0v) is 24.2. The van der Waals surface area contributed by atoms with Crippen LogP contribution in [0, 0.1) is 19.3 Å². The van der Waals surface area contributed by atoms with Crippen molar-refractivity contribution in [1.29, 1.82) is 0 Å². The molecule has 10 nitrogen and oxygen atoms in total. The molecule has 0 radical (unpaired) electrons. The van der Waals surface area contributed by atoms with Crippen LogP contribution in [0.25, 0.3) is 22.0 Å². The average molecular weight is 602 g/mol. The first kappa shape index (κ1) is 26.2. The number of hydrogen-bond donors (Lipinski definition) is 1. The number of benzene rings is 1. The summed E-state index contributed by atoms with van der Waals surface area (Å²) in [6.07, 6.45) is 4.92. The molecule has 3 aromatic heterocycles. The fourth-order valence-corrected chi connectivity index (χ4v) is 5.99. The van der Waals surface area contributed by atoms with Gasteiger partial charge in [0.15, 0.2) is 5.78 Å². The van der Waals surface area contributed by atoms with Crippen molar-refractivity contribution in [3.63, 3.8) is 0 Å². The maximum Gasteiger partial charge on any atom is 0.248 e. The Labute approximate surface area is 239 Å². The van der Waals surface area contributed by atoms with Gasteiger partial charge in [-0.2, -0.15) is 5.10 Å². The number of halogens is 1. The zero-order valence-electron chi connectivity index (χ0n) is 22.6. The molecule has 2 fully saturated rings. The van der Waals surface area contributed by atoms with Crippen LogP contribution in [0.3, 0.4) is 0 Å². The van der Waals surface area contributed by atoms with E-state index in [1.54, 1.807) is 22.0 Å². The molecular weight excluding hydrogens is 574 g/mol. The fourth-order valence-electron chi connectivity index (χ4n) is 5.68. The van der Waals surface area contributed by atoms with Gasteiger partial charge in [-0.1, -0.05) is 19.1 Å². The summed E-state index contributed by atoms with van der Waals surface area (Å²) in [5, 5.41) is 8.11. The molecule has 11 heteroatoms. The molecule has 0 spiro atoms. The number of amides is 2. The van der Waals surface area contributed by atoms with Crippen molar-refractivity contribution in [2.24, 2.45) is 5.41 Å². The van der Waals surface area contributed by atoms with Gasteiger partial charge in [0.2, 0.25) is 11.8 Å². The molecule has 1 aromatic carbocycles. The van der Waals surface area contributed by atoms with E-state index >= 15 is 0 Å². The number of nitrogens with zero attached hydrogens (tertiary/aromatic N) is 6. The van der Waals surface area contributed by atoms with Crippen molar-refractivity contribution in [2.75, 3.05) is 5.32 Å². The lowest BCUT2D eigenvalue weighted by Gasteiger charge is -2.27. The number of aromatic nitrogens is 5. The topological polar surface area (TPSA) is 123 Å². The Hall–Kier alpha value is -3.99. The number of likely N-dealkylation sites (tertiary alicyclic amines) is 1. The van der Waals surface area contributed by atoms with Crippen molar-refractivity contribution >= 4 is 50.2 Å². The molecular formula is C29H28BrN7O3. The van der Waals surface area contributed by atoms with Crippen molar-refractivity contribution < 1.29 is 14.4 Å². The van der Waals surface area contributed by atoms with Gasteiger partial charge in [-0.05, 0) is 77.4 Å². The Kier molecular flexibility index (Phi) is 6.29. The molecule has 2 amide bonds. The molecule has 1 aliphatic heterocycles. The Balaban J connectivity index is 1.29. The third-order valence-corrected chi connectivity index (χ3v) is 8.46. The summed E-state index contributed by atoms with van der Waals surface area (Å²) in [7, 11) is 0. The van der Waals surface area contributed by atoms with Gasteiger partial charge in [0.1, 0.15) is 34.5 Å². The van der Waals surface area contributed by atoms with Gasteiger partial charge in [0, 0.05) is 36.3 Å². The maximum absolute atomic E-state index is 13.8. The highest BCUT2D eigenvalue weighted by Crippen LogP contribution is 2.59. The van der Waals surface area contributed by atoms with Gasteiger partial charge < -0.3 is 10.2 Å². The van der Waals surface area contributed by atoms with Gasteiger partial charge in [-0.15, -0.1) is 0 Å². The highest BCUT2D eigenvalue weighted by Gasteiger charge is 2.64. The number of rotatable bonds is 6. The summed E-state index contributed by atoms with van der Waals surface area (Å²) in [5.74, 6) is 0.482. The lowest BCUT2D eigenvalue weighted by molar-refractivity contribution is -0.138. The zero-order chi connectivity index (χ0) is 28.3. The highest BCUT2D eigenvalue weighted by molar-refractivity contribution is 9.10. The number of piperidine rings is 1. The van der Waals surface area contributed by atoms with Crippen LogP contribution in [0.5, 0.6) is 0 Å². The second-order valence-corrected chi connectivity index (χ2v) is 11.8. The molecule has 0 unspecified atom stereocenters. The summed E-state index contributed by atoms with van der Waals surface area (Å²) in [6, 6.07) is 8.71. The third kappa shape index (κ3) is 4.57. The minimum absolute atomic E-state index is 0.00504. The van der Waals surface area contributed by atoms with E-state index < -0.39 is 6.04 Å². The van der Waals surface area contributed by atoms with Crippen LogP contribution in [0.4, 0.5) is 5.82 Å². The Morgan fingerprint density at radius 3 is 2.55 bits per heavy atom. The van der Waals surface area contributed by atoms with E-state index in [0.717, 1.165) is 23.1 Å². The molecule has 1 saturated carbocycles. The average Bonchev–Trinajstić information content (AvgIpc) is 3.28. The summed E-state index contributed by atoms with van der Waals surface area (Å²) in [4.78, 5) is 54.3. The van der Waals surface area contributed by atoms with Crippen molar-refractivity contribution in [3.8, 4) is 11.1 Å². The number of hydrogen-bond acceptors (Lipinski definition) is 7. The standard InChI is InChI=1S/C29H28BrN7O3/c1-15-5-8-24(30)33-27(15)34-28(40)22-10-29(4)11-23(29)37(22)25(39)14-36-21-7-6-18(19-12-31-17(3)32-13-19)9-20(21)26(35-36)16(2)38/h5-9,12-13,22-23H,10-11,14H2,1-4H3,(H,33,34,40)/t22-,23-,29+/m0/s1. The minimum Gasteiger partial charge on any atom is -0.325 e. The molecule has 1 aliphatic carbocycles. The number of ketones is 1. The Morgan fingerprint density at radius 1 is 1.07 bits per heavy atom. The van der Waals surface area contributed by atoms with Gasteiger partial charge in [-0.25, -0.2) is 15.0 Å². The van der Waals surface area contributed by atoms with E-state index in [-0.39, 0.29) is 35.6 Å². The summed E-state index contributed by atoms with van der Waals surface area (Å²) >= 11 is 3.35. The summed E-state index contributed by atoms with van der Waals surface area (Å²) < 4.78 is 2.18. The first-order valence-corrected chi connectivity index (χ1v) is 13.9. The molecule has 2 aliphatic rings. The van der Waals surface area contributed by atoms with E-state index in [4.69, 9.17) is 0 Å². The molecule has 1 N–H and O–H groups in total. The quantitative estimate of drug-likeness (QED) is 0.255. The van der Waals surface area contributed by atoms with E-state index in [0.29, 0.717) is 39.3 Å². The van der Waals surface area contributed by atoms with Crippen molar-refractivity contribution in [1.82, 2.24) is 29.6 Å². The predicted molar refractivity (Wildman–Crippen MR) is 153 cm³/mol. The number of fused-ring (bicyclic) bond motifs is 2.